The van der Waals surface area contributed by atoms with E-state index >= 15 is 0 Å². The Bertz CT molecular complexity index is 906. The number of fused-ring (bicyclic) bond motifs is 1. The van der Waals surface area contributed by atoms with E-state index in [-0.39, 0.29) is 0 Å². The Labute approximate surface area is 160 Å². The first-order valence-electron chi connectivity index (χ1n) is 9.86. The van der Waals surface area contributed by atoms with Gasteiger partial charge in [-0.1, -0.05) is 25.0 Å². The van der Waals surface area contributed by atoms with Crippen LogP contribution in [0.25, 0.3) is 10.9 Å². The summed E-state index contributed by atoms with van der Waals surface area (Å²) >= 11 is 0. The monoisotopic (exact) mass is 368 g/mol. The standard InChI is InChI=1S/C22H28N2O3/c1-13-4-7-17-14(2)10-19(23-20(17)15(13)3)24-9-8-18(25)22(12-24,21(26)27)11-16-5-6-16/h4,7,10,16,18,25H,5-6,8-9,11-12H2,1-3H3,(H,26,27)/t18-,22+/m1/s1. The predicted molar refractivity (Wildman–Crippen MR) is 106 cm³/mol. The third-order valence-electron chi connectivity index (χ3n) is 6.58. The second kappa shape index (κ2) is 6.48. The molecule has 1 aromatic heterocycles. The van der Waals surface area contributed by atoms with Gasteiger partial charge in [0.15, 0.2) is 0 Å². The van der Waals surface area contributed by atoms with Crippen LogP contribution in [0.5, 0.6) is 0 Å². The molecule has 5 nitrogen and oxygen atoms in total. The molecule has 2 aromatic rings. The van der Waals surface area contributed by atoms with Crippen LogP contribution in [-0.2, 0) is 4.79 Å². The number of hydrogen-bond acceptors (Lipinski definition) is 4. The van der Waals surface area contributed by atoms with Crippen molar-refractivity contribution >= 4 is 22.7 Å². The minimum atomic E-state index is -1.09. The summed E-state index contributed by atoms with van der Waals surface area (Å²) in [5, 5.41) is 21.8. The summed E-state index contributed by atoms with van der Waals surface area (Å²) in [6.07, 6.45) is 2.38. The van der Waals surface area contributed by atoms with E-state index < -0.39 is 17.5 Å². The third kappa shape index (κ3) is 3.08. The van der Waals surface area contributed by atoms with Gasteiger partial charge in [-0.3, -0.25) is 4.79 Å². The number of benzene rings is 1. The van der Waals surface area contributed by atoms with Crippen molar-refractivity contribution in [2.75, 3.05) is 18.0 Å². The first kappa shape index (κ1) is 18.2. The van der Waals surface area contributed by atoms with Crippen LogP contribution in [0.3, 0.4) is 0 Å². The maximum Gasteiger partial charge on any atom is 0.314 e. The average molecular weight is 368 g/mol. The molecule has 2 aliphatic rings. The van der Waals surface area contributed by atoms with Crippen molar-refractivity contribution in [3.8, 4) is 0 Å². The highest BCUT2D eigenvalue weighted by atomic mass is 16.4. The molecule has 4 rings (SSSR count). The molecule has 0 bridgehead atoms. The molecule has 1 aliphatic heterocycles. The quantitative estimate of drug-likeness (QED) is 0.862. The SMILES string of the molecule is Cc1ccc2c(C)cc(N3CC[C@@H](O)[C@@](CC4CC4)(C(=O)O)C3)nc2c1C. The largest absolute Gasteiger partial charge is 0.481 e. The number of pyridine rings is 1. The van der Waals surface area contributed by atoms with Crippen LogP contribution in [0.1, 0.15) is 42.4 Å². The number of nitrogens with zero attached hydrogens (tertiary/aromatic N) is 2. The van der Waals surface area contributed by atoms with Gasteiger partial charge in [0.05, 0.1) is 11.6 Å². The van der Waals surface area contributed by atoms with Crippen LogP contribution in [0, 0.1) is 32.1 Å². The number of carboxylic acid groups (broad SMARTS) is 1. The highest BCUT2D eigenvalue weighted by molar-refractivity contribution is 5.87. The Hall–Kier alpha value is -2.14. The summed E-state index contributed by atoms with van der Waals surface area (Å²) in [6, 6.07) is 6.28. The summed E-state index contributed by atoms with van der Waals surface area (Å²) in [6.45, 7) is 7.20. The molecule has 1 saturated carbocycles. The molecule has 2 heterocycles. The summed E-state index contributed by atoms with van der Waals surface area (Å²) in [5.74, 6) is 0.380. The molecule has 0 unspecified atom stereocenters. The minimum absolute atomic E-state index is 0.322. The lowest BCUT2D eigenvalue weighted by atomic mass is 9.73. The van der Waals surface area contributed by atoms with Crippen LogP contribution in [0.2, 0.25) is 0 Å². The fourth-order valence-corrected chi connectivity index (χ4v) is 4.45. The van der Waals surface area contributed by atoms with E-state index in [1.165, 1.54) is 5.56 Å². The van der Waals surface area contributed by atoms with Gasteiger partial charge in [0.1, 0.15) is 11.2 Å². The van der Waals surface area contributed by atoms with Gasteiger partial charge >= 0.3 is 5.97 Å². The van der Waals surface area contributed by atoms with Gasteiger partial charge in [0, 0.05) is 18.5 Å². The molecule has 1 aromatic carbocycles. The number of piperidine rings is 1. The Morgan fingerprint density at radius 3 is 2.63 bits per heavy atom. The third-order valence-corrected chi connectivity index (χ3v) is 6.58. The number of aliphatic hydroxyl groups excluding tert-OH is 1. The van der Waals surface area contributed by atoms with Gasteiger partial charge in [-0.25, -0.2) is 4.98 Å². The number of carbonyl (C=O) groups is 1. The van der Waals surface area contributed by atoms with Crippen LogP contribution in [0.4, 0.5) is 5.82 Å². The second-order valence-electron chi connectivity index (χ2n) is 8.54. The zero-order chi connectivity index (χ0) is 19.3. The molecule has 1 saturated heterocycles. The van der Waals surface area contributed by atoms with Crippen molar-refractivity contribution < 1.29 is 15.0 Å². The smallest absolute Gasteiger partial charge is 0.314 e. The maximum absolute atomic E-state index is 12.2. The van der Waals surface area contributed by atoms with E-state index in [1.54, 1.807) is 0 Å². The molecule has 5 heteroatoms. The Morgan fingerprint density at radius 2 is 1.96 bits per heavy atom. The Kier molecular flexibility index (Phi) is 4.38. The van der Waals surface area contributed by atoms with E-state index in [9.17, 15) is 15.0 Å². The van der Waals surface area contributed by atoms with E-state index in [2.05, 4.69) is 43.9 Å². The molecule has 144 valence electrons. The number of aliphatic hydroxyl groups is 1. The normalized spacial score (nSPS) is 25.8. The number of hydrogen-bond donors (Lipinski definition) is 2. The average Bonchev–Trinajstić information content (AvgIpc) is 3.44. The first-order chi connectivity index (χ1) is 12.8. The van der Waals surface area contributed by atoms with E-state index in [1.807, 2.05) is 0 Å². The molecule has 0 amide bonds. The number of aliphatic carboxylic acids is 1. The Balaban J connectivity index is 1.74. The van der Waals surface area contributed by atoms with Crippen LogP contribution in [0.15, 0.2) is 18.2 Å². The van der Waals surface area contributed by atoms with Gasteiger partial charge in [-0.2, -0.15) is 0 Å². The number of aromatic nitrogens is 1. The first-order valence-corrected chi connectivity index (χ1v) is 9.86. The van der Waals surface area contributed by atoms with Crippen molar-refractivity contribution in [1.29, 1.82) is 0 Å². The van der Waals surface area contributed by atoms with Crippen molar-refractivity contribution in [3.63, 3.8) is 0 Å². The molecule has 2 atom stereocenters. The van der Waals surface area contributed by atoms with Gasteiger partial charge in [0.25, 0.3) is 0 Å². The zero-order valence-electron chi connectivity index (χ0n) is 16.3. The van der Waals surface area contributed by atoms with Crippen molar-refractivity contribution in [3.05, 3.63) is 34.9 Å². The van der Waals surface area contributed by atoms with E-state index in [0.29, 0.717) is 31.8 Å². The number of rotatable bonds is 4. The molecule has 2 N–H and O–H groups in total. The van der Waals surface area contributed by atoms with Crippen molar-refractivity contribution in [2.24, 2.45) is 11.3 Å². The molecule has 2 fully saturated rings. The molecular formula is C22H28N2O3. The fourth-order valence-electron chi connectivity index (χ4n) is 4.45. The van der Waals surface area contributed by atoms with Gasteiger partial charge in [0.2, 0.25) is 0 Å². The predicted octanol–water partition coefficient (Wildman–Crippen LogP) is 3.60. The van der Waals surface area contributed by atoms with Crippen LogP contribution < -0.4 is 4.90 Å². The fraction of sp³-hybridized carbons (Fsp3) is 0.545. The highest BCUT2D eigenvalue weighted by Crippen LogP contribution is 2.45. The maximum atomic E-state index is 12.2. The van der Waals surface area contributed by atoms with E-state index in [0.717, 1.165) is 40.7 Å². The van der Waals surface area contributed by atoms with Gasteiger partial charge < -0.3 is 15.1 Å². The number of aryl methyl sites for hydroxylation is 3. The summed E-state index contributed by atoms with van der Waals surface area (Å²) in [7, 11) is 0. The van der Waals surface area contributed by atoms with E-state index in [4.69, 9.17) is 4.98 Å². The second-order valence-corrected chi connectivity index (χ2v) is 8.54. The lowest BCUT2D eigenvalue weighted by Gasteiger charge is -2.44. The molecule has 1 aliphatic carbocycles. The van der Waals surface area contributed by atoms with Crippen molar-refractivity contribution in [2.45, 2.75) is 52.6 Å². The van der Waals surface area contributed by atoms with Crippen LogP contribution in [-0.4, -0.2) is 40.4 Å². The molecular weight excluding hydrogens is 340 g/mol. The van der Waals surface area contributed by atoms with Gasteiger partial charge in [-0.05, 0) is 62.3 Å². The molecule has 27 heavy (non-hydrogen) atoms. The summed E-state index contributed by atoms with van der Waals surface area (Å²) in [4.78, 5) is 19.2. The van der Waals surface area contributed by atoms with Crippen LogP contribution >= 0.6 is 0 Å². The van der Waals surface area contributed by atoms with Gasteiger partial charge in [-0.15, -0.1) is 0 Å². The highest BCUT2D eigenvalue weighted by Gasteiger charge is 2.52. The number of carboxylic acids is 1. The lowest BCUT2D eigenvalue weighted by Crippen LogP contribution is -2.56. The molecule has 0 spiro atoms. The minimum Gasteiger partial charge on any atom is -0.481 e. The number of anilines is 1. The summed E-state index contributed by atoms with van der Waals surface area (Å²) in [5.41, 5.74) is 3.41. The molecule has 0 radical (unpaired) electrons. The summed E-state index contributed by atoms with van der Waals surface area (Å²) < 4.78 is 0. The zero-order valence-corrected chi connectivity index (χ0v) is 16.3. The van der Waals surface area contributed by atoms with Crippen molar-refractivity contribution in [1.82, 2.24) is 4.98 Å². The lowest BCUT2D eigenvalue weighted by molar-refractivity contribution is -0.158. The Morgan fingerprint density at radius 1 is 1.22 bits per heavy atom. The topological polar surface area (TPSA) is 73.7 Å².